The molecule has 1 aromatic heterocycles. The van der Waals surface area contributed by atoms with Crippen LogP contribution in [0.2, 0.25) is 5.02 Å². The summed E-state index contributed by atoms with van der Waals surface area (Å²) in [6, 6.07) is 11.4. The Bertz CT molecular complexity index is 958. The lowest BCUT2D eigenvalue weighted by atomic mass is 10.1. The van der Waals surface area contributed by atoms with E-state index in [0.29, 0.717) is 21.7 Å². The second-order valence-electron chi connectivity index (χ2n) is 5.37. The number of anilines is 1. The molecular formula is C18H14ClNO3. The molecule has 4 nitrogen and oxygen atoms in total. The van der Waals surface area contributed by atoms with E-state index in [2.05, 4.69) is 5.32 Å². The fourth-order valence-corrected chi connectivity index (χ4v) is 2.38. The highest BCUT2D eigenvalue weighted by atomic mass is 35.5. The van der Waals surface area contributed by atoms with Gasteiger partial charge in [0.15, 0.2) is 11.2 Å². The summed E-state index contributed by atoms with van der Waals surface area (Å²) in [4.78, 5) is 24.5. The maximum atomic E-state index is 12.3. The zero-order valence-electron chi connectivity index (χ0n) is 12.6. The standard InChI is InChI=1S/C18H14ClNO3/c1-10-7-14-15(21)9-17(23-16(14)8-11(10)2)18(22)20-13-5-3-12(19)4-6-13/h3-9H,1-2H3,(H,20,22). The van der Waals surface area contributed by atoms with Gasteiger partial charge in [0.25, 0.3) is 5.91 Å². The normalized spacial score (nSPS) is 10.7. The molecule has 0 aliphatic carbocycles. The number of hydrogen-bond acceptors (Lipinski definition) is 3. The van der Waals surface area contributed by atoms with Crippen molar-refractivity contribution in [3.05, 3.63) is 74.6 Å². The van der Waals surface area contributed by atoms with Crippen LogP contribution in [0.25, 0.3) is 11.0 Å². The molecule has 1 heterocycles. The van der Waals surface area contributed by atoms with E-state index in [-0.39, 0.29) is 11.2 Å². The predicted octanol–water partition coefficient (Wildman–Crippen LogP) is 4.32. The quantitative estimate of drug-likeness (QED) is 0.762. The second-order valence-corrected chi connectivity index (χ2v) is 5.80. The number of carbonyl (C=O) groups excluding carboxylic acids is 1. The van der Waals surface area contributed by atoms with Crippen molar-refractivity contribution in [1.29, 1.82) is 0 Å². The van der Waals surface area contributed by atoms with Gasteiger partial charge in [-0.3, -0.25) is 9.59 Å². The van der Waals surface area contributed by atoms with Crippen molar-refractivity contribution >= 4 is 34.2 Å². The van der Waals surface area contributed by atoms with E-state index in [9.17, 15) is 9.59 Å². The number of fused-ring (bicyclic) bond motifs is 1. The molecular weight excluding hydrogens is 314 g/mol. The second kappa shape index (κ2) is 5.89. The van der Waals surface area contributed by atoms with Crippen molar-refractivity contribution in [2.24, 2.45) is 0 Å². The van der Waals surface area contributed by atoms with Crippen LogP contribution in [-0.4, -0.2) is 5.91 Å². The summed E-state index contributed by atoms with van der Waals surface area (Å²) in [6.07, 6.45) is 0. The van der Waals surface area contributed by atoms with Crippen LogP contribution in [0.15, 0.2) is 51.7 Å². The van der Waals surface area contributed by atoms with Gasteiger partial charge in [-0.1, -0.05) is 11.6 Å². The summed E-state index contributed by atoms with van der Waals surface area (Å²) in [5, 5.41) is 3.72. The molecule has 0 saturated heterocycles. The van der Waals surface area contributed by atoms with Crippen LogP contribution in [-0.2, 0) is 0 Å². The molecule has 116 valence electrons. The molecule has 0 aliphatic heterocycles. The number of amides is 1. The lowest BCUT2D eigenvalue weighted by Crippen LogP contribution is -2.15. The van der Waals surface area contributed by atoms with E-state index in [1.165, 1.54) is 6.07 Å². The SMILES string of the molecule is Cc1cc2oc(C(=O)Nc3ccc(Cl)cc3)cc(=O)c2cc1C. The summed E-state index contributed by atoms with van der Waals surface area (Å²) < 4.78 is 5.60. The average molecular weight is 328 g/mol. The molecule has 0 radical (unpaired) electrons. The third kappa shape index (κ3) is 3.12. The summed E-state index contributed by atoms with van der Waals surface area (Å²) >= 11 is 5.81. The molecule has 0 fully saturated rings. The molecule has 5 heteroatoms. The van der Waals surface area contributed by atoms with E-state index in [0.717, 1.165) is 11.1 Å². The zero-order chi connectivity index (χ0) is 16.6. The van der Waals surface area contributed by atoms with Crippen molar-refractivity contribution in [2.45, 2.75) is 13.8 Å². The van der Waals surface area contributed by atoms with E-state index in [4.69, 9.17) is 16.0 Å². The number of nitrogens with one attached hydrogen (secondary N) is 1. The Hall–Kier alpha value is -2.59. The van der Waals surface area contributed by atoms with Crippen LogP contribution in [0.4, 0.5) is 5.69 Å². The minimum absolute atomic E-state index is 0.0271. The molecule has 0 unspecified atom stereocenters. The highest BCUT2D eigenvalue weighted by Gasteiger charge is 2.13. The first-order valence-corrected chi connectivity index (χ1v) is 7.44. The van der Waals surface area contributed by atoms with Gasteiger partial charge >= 0.3 is 0 Å². The molecule has 1 amide bonds. The Balaban J connectivity index is 1.99. The maximum absolute atomic E-state index is 12.3. The predicted molar refractivity (Wildman–Crippen MR) is 91.4 cm³/mol. The number of hydrogen-bond donors (Lipinski definition) is 1. The molecule has 0 bridgehead atoms. The topological polar surface area (TPSA) is 59.3 Å². The zero-order valence-corrected chi connectivity index (χ0v) is 13.4. The van der Waals surface area contributed by atoms with Crippen LogP contribution in [0, 0.1) is 13.8 Å². The summed E-state index contributed by atoms with van der Waals surface area (Å²) in [7, 11) is 0. The molecule has 3 aromatic rings. The lowest BCUT2D eigenvalue weighted by molar-refractivity contribution is 0.0997. The molecule has 0 saturated carbocycles. The summed E-state index contributed by atoms with van der Waals surface area (Å²) in [5.74, 6) is -0.509. The first-order chi connectivity index (χ1) is 10.9. The maximum Gasteiger partial charge on any atom is 0.291 e. The fraction of sp³-hybridized carbons (Fsp3) is 0.111. The van der Waals surface area contributed by atoms with Gasteiger partial charge < -0.3 is 9.73 Å². The lowest BCUT2D eigenvalue weighted by Gasteiger charge is -2.07. The Kier molecular flexibility index (Phi) is 3.92. The molecule has 0 aliphatic rings. The number of carbonyl (C=O) groups is 1. The van der Waals surface area contributed by atoms with Crippen LogP contribution in [0.5, 0.6) is 0 Å². The Morgan fingerprint density at radius 3 is 2.39 bits per heavy atom. The van der Waals surface area contributed by atoms with Crippen LogP contribution in [0.3, 0.4) is 0 Å². The number of rotatable bonds is 2. The van der Waals surface area contributed by atoms with Gasteiger partial charge in [-0.05, 0) is 61.4 Å². The third-order valence-electron chi connectivity index (χ3n) is 3.67. The third-order valence-corrected chi connectivity index (χ3v) is 3.92. The highest BCUT2D eigenvalue weighted by Crippen LogP contribution is 2.19. The van der Waals surface area contributed by atoms with Crippen LogP contribution >= 0.6 is 11.6 Å². The van der Waals surface area contributed by atoms with E-state index in [1.54, 1.807) is 36.4 Å². The molecule has 3 rings (SSSR count). The monoisotopic (exact) mass is 327 g/mol. The van der Waals surface area contributed by atoms with Crippen LogP contribution in [0.1, 0.15) is 21.7 Å². The Morgan fingerprint density at radius 1 is 1.04 bits per heavy atom. The number of halogens is 1. The van der Waals surface area contributed by atoms with Gasteiger partial charge in [-0.15, -0.1) is 0 Å². The van der Waals surface area contributed by atoms with Crippen molar-refractivity contribution in [1.82, 2.24) is 0 Å². The molecule has 2 aromatic carbocycles. The summed E-state index contributed by atoms with van der Waals surface area (Å²) in [5.41, 5.74) is 2.73. The van der Waals surface area contributed by atoms with Crippen molar-refractivity contribution in [3.8, 4) is 0 Å². The smallest absolute Gasteiger partial charge is 0.291 e. The first kappa shape index (κ1) is 15.3. The van der Waals surface area contributed by atoms with Gasteiger partial charge in [-0.25, -0.2) is 0 Å². The van der Waals surface area contributed by atoms with Crippen molar-refractivity contribution in [3.63, 3.8) is 0 Å². The average Bonchev–Trinajstić information content (AvgIpc) is 2.51. The highest BCUT2D eigenvalue weighted by molar-refractivity contribution is 6.30. The van der Waals surface area contributed by atoms with Crippen molar-refractivity contribution in [2.75, 3.05) is 5.32 Å². The van der Waals surface area contributed by atoms with Gasteiger partial charge in [0, 0.05) is 16.8 Å². The molecule has 23 heavy (non-hydrogen) atoms. The largest absolute Gasteiger partial charge is 0.451 e. The first-order valence-electron chi connectivity index (χ1n) is 7.06. The minimum Gasteiger partial charge on any atom is -0.451 e. The van der Waals surface area contributed by atoms with Gasteiger partial charge in [0.2, 0.25) is 0 Å². The van der Waals surface area contributed by atoms with E-state index in [1.807, 2.05) is 13.8 Å². The molecule has 0 spiro atoms. The minimum atomic E-state index is -0.482. The summed E-state index contributed by atoms with van der Waals surface area (Å²) in [6.45, 7) is 3.85. The van der Waals surface area contributed by atoms with Gasteiger partial charge in [-0.2, -0.15) is 0 Å². The number of benzene rings is 2. The number of aryl methyl sites for hydroxylation is 2. The van der Waals surface area contributed by atoms with Gasteiger partial charge in [0.1, 0.15) is 5.58 Å². The van der Waals surface area contributed by atoms with E-state index >= 15 is 0 Å². The Labute approximate surface area is 137 Å². The van der Waals surface area contributed by atoms with Gasteiger partial charge in [0.05, 0.1) is 5.39 Å². The van der Waals surface area contributed by atoms with E-state index < -0.39 is 5.91 Å². The molecule has 1 N–H and O–H groups in total. The van der Waals surface area contributed by atoms with Crippen LogP contribution < -0.4 is 10.7 Å². The fourth-order valence-electron chi connectivity index (χ4n) is 2.25. The Morgan fingerprint density at radius 2 is 1.70 bits per heavy atom. The van der Waals surface area contributed by atoms with Crippen molar-refractivity contribution < 1.29 is 9.21 Å². The molecule has 0 atom stereocenters.